The van der Waals surface area contributed by atoms with Gasteiger partial charge in [0.2, 0.25) is 0 Å². The molecule has 0 aliphatic carbocycles. The normalized spacial score (nSPS) is 24.8. The summed E-state index contributed by atoms with van der Waals surface area (Å²) in [7, 11) is -0.474. The van der Waals surface area contributed by atoms with E-state index in [1.165, 1.54) is 0 Å². The maximum atomic E-state index is 13.0. The van der Waals surface area contributed by atoms with Gasteiger partial charge in [-0.2, -0.15) is 0 Å². The second kappa shape index (κ2) is 8.45. The predicted molar refractivity (Wildman–Crippen MR) is 128 cm³/mol. The summed E-state index contributed by atoms with van der Waals surface area (Å²) in [5.41, 5.74) is -0.909. The van der Waals surface area contributed by atoms with Crippen molar-refractivity contribution in [2.24, 2.45) is 5.41 Å². The van der Waals surface area contributed by atoms with E-state index in [-0.39, 0.29) is 30.0 Å². The van der Waals surface area contributed by atoms with Crippen molar-refractivity contribution in [2.75, 3.05) is 26.2 Å². The van der Waals surface area contributed by atoms with E-state index in [0.29, 0.717) is 26.2 Å². The SMILES string of the molecule is CC(C)(C)OC(=O)N1CC2(CN(C(=O)OCc3ccccc3)CC2B2OC(C)(C)C(C)(C)O2)C1. The summed E-state index contributed by atoms with van der Waals surface area (Å²) in [5, 5.41) is 0. The van der Waals surface area contributed by atoms with Crippen molar-refractivity contribution < 1.29 is 28.4 Å². The number of likely N-dealkylation sites (tertiary alicyclic amines) is 2. The molecule has 0 bridgehead atoms. The van der Waals surface area contributed by atoms with Gasteiger partial charge in [0.25, 0.3) is 0 Å². The number of rotatable bonds is 3. The summed E-state index contributed by atoms with van der Waals surface area (Å²) < 4.78 is 23.9. The summed E-state index contributed by atoms with van der Waals surface area (Å²) in [6.45, 7) is 15.8. The summed E-state index contributed by atoms with van der Waals surface area (Å²) in [6.07, 6.45) is -0.700. The second-order valence-corrected chi connectivity index (χ2v) is 11.9. The van der Waals surface area contributed by atoms with Gasteiger partial charge in [0.15, 0.2) is 0 Å². The molecule has 9 heteroatoms. The molecule has 3 aliphatic rings. The maximum absolute atomic E-state index is 13.0. The van der Waals surface area contributed by atoms with Gasteiger partial charge < -0.3 is 28.6 Å². The highest BCUT2D eigenvalue weighted by Gasteiger charge is 2.65. The predicted octanol–water partition coefficient (Wildman–Crippen LogP) is 4.34. The molecule has 1 spiro atoms. The minimum Gasteiger partial charge on any atom is -0.445 e. The summed E-state index contributed by atoms with van der Waals surface area (Å²) in [6, 6.07) is 9.62. The minimum atomic E-state index is -0.562. The number of nitrogens with zero attached hydrogens (tertiary/aromatic N) is 2. The van der Waals surface area contributed by atoms with Crippen LogP contribution in [0.25, 0.3) is 0 Å². The zero-order valence-corrected chi connectivity index (χ0v) is 21.4. The molecule has 186 valence electrons. The Bertz CT molecular complexity index is 907. The second-order valence-electron chi connectivity index (χ2n) is 11.9. The highest BCUT2D eigenvalue weighted by Crippen LogP contribution is 2.53. The first-order valence-corrected chi connectivity index (χ1v) is 12.0. The van der Waals surface area contributed by atoms with Crippen LogP contribution in [0.15, 0.2) is 30.3 Å². The summed E-state index contributed by atoms with van der Waals surface area (Å²) in [5.74, 6) is -0.0866. The van der Waals surface area contributed by atoms with E-state index in [0.717, 1.165) is 5.56 Å². The van der Waals surface area contributed by atoms with E-state index < -0.39 is 23.9 Å². The van der Waals surface area contributed by atoms with Crippen LogP contribution in [0.3, 0.4) is 0 Å². The standard InChI is InChI=1S/C25H37BN2O6/c1-22(2,3)32-21(30)28-16-25(17-28)15-27(20(29)31-14-18-11-9-8-10-12-18)13-19(25)26-33-23(4,5)24(6,7)34-26/h8-12,19H,13-17H2,1-7H3. The molecule has 3 aliphatic heterocycles. The highest BCUT2D eigenvalue weighted by molar-refractivity contribution is 6.48. The van der Waals surface area contributed by atoms with Crippen LogP contribution >= 0.6 is 0 Å². The van der Waals surface area contributed by atoms with Gasteiger partial charge in [0.05, 0.1) is 11.2 Å². The van der Waals surface area contributed by atoms with Gasteiger partial charge in [0.1, 0.15) is 12.2 Å². The van der Waals surface area contributed by atoms with E-state index in [1.807, 2.05) is 78.8 Å². The van der Waals surface area contributed by atoms with Gasteiger partial charge in [-0.25, -0.2) is 9.59 Å². The zero-order chi connectivity index (χ0) is 24.9. The monoisotopic (exact) mass is 472 g/mol. The van der Waals surface area contributed by atoms with Crippen molar-refractivity contribution in [2.45, 2.75) is 77.7 Å². The number of hydrogen-bond donors (Lipinski definition) is 0. The van der Waals surface area contributed by atoms with E-state index >= 15 is 0 Å². The Labute approximate surface area is 203 Å². The van der Waals surface area contributed by atoms with Crippen molar-refractivity contribution in [1.82, 2.24) is 9.80 Å². The number of benzene rings is 1. The van der Waals surface area contributed by atoms with Crippen molar-refractivity contribution in [1.29, 1.82) is 0 Å². The Morgan fingerprint density at radius 2 is 1.53 bits per heavy atom. The number of carbonyl (C=O) groups excluding carboxylic acids is 2. The molecule has 1 atom stereocenters. The molecule has 0 saturated carbocycles. The average molecular weight is 472 g/mol. The largest absolute Gasteiger partial charge is 0.463 e. The minimum absolute atomic E-state index is 0.0866. The molecule has 3 fully saturated rings. The van der Waals surface area contributed by atoms with Crippen LogP contribution in [-0.2, 0) is 25.4 Å². The number of hydrogen-bond acceptors (Lipinski definition) is 6. The third-order valence-corrected chi connectivity index (χ3v) is 7.44. The van der Waals surface area contributed by atoms with Crippen LogP contribution in [0.2, 0.25) is 5.82 Å². The topological polar surface area (TPSA) is 77.5 Å². The Balaban J connectivity index is 1.48. The van der Waals surface area contributed by atoms with Crippen molar-refractivity contribution in [3.05, 3.63) is 35.9 Å². The van der Waals surface area contributed by atoms with Crippen LogP contribution in [0.1, 0.15) is 54.0 Å². The lowest BCUT2D eigenvalue weighted by atomic mass is 9.56. The molecule has 2 amide bonds. The lowest BCUT2D eigenvalue weighted by Gasteiger charge is -2.50. The third-order valence-electron chi connectivity index (χ3n) is 7.44. The Kier molecular flexibility index (Phi) is 6.18. The molecule has 3 heterocycles. The van der Waals surface area contributed by atoms with Gasteiger partial charge >= 0.3 is 19.3 Å². The van der Waals surface area contributed by atoms with Crippen LogP contribution in [0.5, 0.6) is 0 Å². The van der Waals surface area contributed by atoms with E-state index in [2.05, 4.69) is 0 Å². The molecule has 0 N–H and O–H groups in total. The van der Waals surface area contributed by atoms with Gasteiger partial charge in [-0.15, -0.1) is 0 Å². The van der Waals surface area contributed by atoms with Gasteiger partial charge in [0, 0.05) is 37.4 Å². The molecule has 1 unspecified atom stereocenters. The highest BCUT2D eigenvalue weighted by atomic mass is 16.7. The average Bonchev–Trinajstić information content (AvgIpc) is 3.19. The first kappa shape index (κ1) is 24.9. The van der Waals surface area contributed by atoms with Crippen LogP contribution < -0.4 is 0 Å². The molecule has 34 heavy (non-hydrogen) atoms. The van der Waals surface area contributed by atoms with Crippen molar-refractivity contribution in [3.8, 4) is 0 Å². The Hall–Kier alpha value is -2.26. The molecular weight excluding hydrogens is 435 g/mol. The zero-order valence-electron chi connectivity index (χ0n) is 21.4. The smallest absolute Gasteiger partial charge is 0.445 e. The molecule has 0 radical (unpaired) electrons. The van der Waals surface area contributed by atoms with Crippen LogP contribution in [0, 0.1) is 5.41 Å². The Morgan fingerprint density at radius 1 is 0.971 bits per heavy atom. The quantitative estimate of drug-likeness (QED) is 0.610. The van der Waals surface area contributed by atoms with Crippen LogP contribution in [0.4, 0.5) is 9.59 Å². The molecule has 1 aromatic carbocycles. The van der Waals surface area contributed by atoms with E-state index in [4.69, 9.17) is 18.8 Å². The molecule has 3 saturated heterocycles. The summed E-state index contributed by atoms with van der Waals surface area (Å²) in [4.78, 5) is 29.0. The molecule has 1 aromatic rings. The molecule has 0 aromatic heterocycles. The van der Waals surface area contributed by atoms with Crippen LogP contribution in [-0.4, -0.2) is 72.1 Å². The number of ether oxygens (including phenoxy) is 2. The fraction of sp³-hybridized carbons (Fsp3) is 0.680. The molecular formula is C25H37BN2O6. The number of amides is 2. The lowest BCUT2D eigenvalue weighted by molar-refractivity contribution is -0.0327. The summed E-state index contributed by atoms with van der Waals surface area (Å²) >= 11 is 0. The van der Waals surface area contributed by atoms with Crippen molar-refractivity contribution in [3.63, 3.8) is 0 Å². The molecule has 8 nitrogen and oxygen atoms in total. The van der Waals surface area contributed by atoms with Gasteiger partial charge in [-0.05, 0) is 54.0 Å². The van der Waals surface area contributed by atoms with E-state index in [1.54, 1.807) is 9.80 Å². The Morgan fingerprint density at radius 3 is 2.09 bits per heavy atom. The third kappa shape index (κ3) is 4.77. The maximum Gasteiger partial charge on any atom is 0.463 e. The lowest BCUT2D eigenvalue weighted by Crippen LogP contribution is -2.63. The first-order chi connectivity index (χ1) is 15.7. The first-order valence-electron chi connectivity index (χ1n) is 12.0. The fourth-order valence-corrected chi connectivity index (χ4v) is 4.87. The van der Waals surface area contributed by atoms with Gasteiger partial charge in [-0.3, -0.25) is 0 Å². The number of carbonyl (C=O) groups is 2. The molecule has 4 rings (SSSR count). The van der Waals surface area contributed by atoms with E-state index in [9.17, 15) is 9.59 Å². The fourth-order valence-electron chi connectivity index (χ4n) is 4.87. The van der Waals surface area contributed by atoms with Gasteiger partial charge in [-0.1, -0.05) is 30.3 Å². The van der Waals surface area contributed by atoms with Crippen molar-refractivity contribution >= 4 is 19.3 Å².